The molecule has 1 unspecified atom stereocenters. The Morgan fingerprint density at radius 3 is 2.53 bits per heavy atom. The Hall–Kier alpha value is -0.610. The van der Waals surface area contributed by atoms with E-state index >= 15 is 0 Å². The van der Waals surface area contributed by atoms with Crippen LogP contribution in [0, 0.1) is 5.92 Å². The number of hydrogen-bond acceptors (Lipinski definition) is 3. The molecule has 4 nitrogen and oxygen atoms in total. The molecular formula is C11H24N2O2. The van der Waals surface area contributed by atoms with Crippen molar-refractivity contribution < 1.29 is 9.90 Å². The van der Waals surface area contributed by atoms with E-state index in [-0.39, 0.29) is 11.8 Å². The monoisotopic (exact) mass is 216 g/mol. The number of nitrogens with one attached hydrogen (secondary N) is 2. The van der Waals surface area contributed by atoms with Crippen LogP contribution in [0.1, 0.15) is 34.1 Å². The highest BCUT2D eigenvalue weighted by Crippen LogP contribution is 2.07. The van der Waals surface area contributed by atoms with Gasteiger partial charge in [0.2, 0.25) is 5.91 Å². The van der Waals surface area contributed by atoms with E-state index in [1.54, 1.807) is 13.8 Å². The molecule has 1 saturated heterocycles. The van der Waals surface area contributed by atoms with Crippen LogP contribution in [0.3, 0.4) is 0 Å². The van der Waals surface area contributed by atoms with Crippen LogP contribution in [0.25, 0.3) is 0 Å². The molecule has 0 radical (unpaired) electrons. The zero-order valence-corrected chi connectivity index (χ0v) is 10.3. The highest BCUT2D eigenvalue weighted by Gasteiger charge is 2.23. The average molecular weight is 216 g/mol. The summed E-state index contributed by atoms with van der Waals surface area (Å²) in [5.74, 6) is 0.134. The van der Waals surface area contributed by atoms with Crippen molar-refractivity contribution in [3.8, 4) is 0 Å². The first-order valence-electron chi connectivity index (χ1n) is 5.70. The fraction of sp³-hybridized carbons (Fsp3) is 0.909. The Labute approximate surface area is 92.4 Å². The van der Waals surface area contributed by atoms with Crippen LogP contribution in [0.5, 0.6) is 0 Å². The summed E-state index contributed by atoms with van der Waals surface area (Å²) >= 11 is 0. The molecule has 15 heavy (non-hydrogen) atoms. The van der Waals surface area contributed by atoms with Crippen molar-refractivity contribution in [1.82, 2.24) is 10.6 Å². The summed E-state index contributed by atoms with van der Waals surface area (Å²) < 4.78 is 0. The van der Waals surface area contributed by atoms with E-state index in [0.717, 1.165) is 19.5 Å². The van der Waals surface area contributed by atoms with E-state index in [1.165, 1.54) is 0 Å². The first-order valence-corrected chi connectivity index (χ1v) is 5.70. The summed E-state index contributed by atoms with van der Waals surface area (Å²) in [4.78, 5) is 11.4. The number of amides is 1. The number of rotatable bonds is 3. The maximum absolute atomic E-state index is 11.4. The lowest BCUT2D eigenvalue weighted by atomic mass is 10.1. The predicted octanol–water partition coefficient (Wildman–Crippen LogP) is 0.509. The molecule has 0 saturated carbocycles. The second-order valence-corrected chi connectivity index (χ2v) is 4.22. The van der Waals surface area contributed by atoms with E-state index in [2.05, 4.69) is 10.6 Å². The topological polar surface area (TPSA) is 61.4 Å². The predicted molar refractivity (Wildman–Crippen MR) is 61.6 cm³/mol. The van der Waals surface area contributed by atoms with Gasteiger partial charge in [-0.3, -0.25) is 4.79 Å². The molecule has 1 atom stereocenters. The van der Waals surface area contributed by atoms with Gasteiger partial charge in [-0.25, -0.2) is 0 Å². The van der Waals surface area contributed by atoms with Crippen molar-refractivity contribution in [3.63, 3.8) is 0 Å². The van der Waals surface area contributed by atoms with Crippen LogP contribution in [0.15, 0.2) is 0 Å². The minimum Gasteiger partial charge on any atom is -0.389 e. The fourth-order valence-corrected chi connectivity index (χ4v) is 1.33. The van der Waals surface area contributed by atoms with Gasteiger partial charge in [-0.05, 0) is 26.8 Å². The molecule has 0 aliphatic carbocycles. The van der Waals surface area contributed by atoms with E-state index in [0.29, 0.717) is 6.54 Å². The molecule has 4 heteroatoms. The summed E-state index contributed by atoms with van der Waals surface area (Å²) in [6, 6.07) is 0. The van der Waals surface area contributed by atoms with Gasteiger partial charge in [0, 0.05) is 13.1 Å². The zero-order valence-electron chi connectivity index (χ0n) is 10.3. The summed E-state index contributed by atoms with van der Waals surface area (Å²) in [5.41, 5.74) is -0.818. The van der Waals surface area contributed by atoms with E-state index in [4.69, 9.17) is 0 Å². The number of aliphatic hydroxyl groups is 1. The Morgan fingerprint density at radius 2 is 2.13 bits per heavy atom. The van der Waals surface area contributed by atoms with E-state index < -0.39 is 5.60 Å². The standard InChI is InChI=1S/C9H18N2O2.C2H6/c1-9(2,13)6-11-8(12)7-3-4-10-5-7;1-2/h7,10,13H,3-6H2,1-2H3,(H,11,12);1-2H3. The van der Waals surface area contributed by atoms with Gasteiger partial charge < -0.3 is 15.7 Å². The lowest BCUT2D eigenvalue weighted by Gasteiger charge is -2.19. The number of carbonyl (C=O) groups excluding carboxylic acids is 1. The SMILES string of the molecule is CC.CC(C)(O)CNC(=O)C1CCNC1. The smallest absolute Gasteiger partial charge is 0.224 e. The zero-order chi connectivity index (χ0) is 11.9. The molecule has 0 bridgehead atoms. The number of carbonyl (C=O) groups is 1. The highest BCUT2D eigenvalue weighted by molar-refractivity contribution is 5.79. The lowest BCUT2D eigenvalue weighted by molar-refractivity contribution is -0.125. The third-order valence-corrected chi connectivity index (χ3v) is 2.13. The van der Waals surface area contributed by atoms with Crippen LogP contribution in [0.2, 0.25) is 0 Å². The van der Waals surface area contributed by atoms with Crippen molar-refractivity contribution in [1.29, 1.82) is 0 Å². The molecule has 0 spiro atoms. The molecule has 1 amide bonds. The van der Waals surface area contributed by atoms with Gasteiger partial charge in [0.05, 0.1) is 11.5 Å². The largest absolute Gasteiger partial charge is 0.389 e. The van der Waals surface area contributed by atoms with Gasteiger partial charge in [-0.15, -0.1) is 0 Å². The summed E-state index contributed by atoms with van der Waals surface area (Å²) in [5, 5.41) is 15.2. The maximum atomic E-state index is 11.4. The second-order valence-electron chi connectivity index (χ2n) is 4.22. The van der Waals surface area contributed by atoms with Crippen LogP contribution in [-0.4, -0.2) is 36.2 Å². The van der Waals surface area contributed by atoms with Crippen molar-refractivity contribution in [2.75, 3.05) is 19.6 Å². The third kappa shape index (κ3) is 6.47. The van der Waals surface area contributed by atoms with Crippen LogP contribution in [0.4, 0.5) is 0 Å². The van der Waals surface area contributed by atoms with Crippen molar-refractivity contribution >= 4 is 5.91 Å². The highest BCUT2D eigenvalue weighted by atomic mass is 16.3. The van der Waals surface area contributed by atoms with Crippen molar-refractivity contribution in [3.05, 3.63) is 0 Å². The first-order chi connectivity index (χ1) is 6.99. The summed E-state index contributed by atoms with van der Waals surface area (Å²) in [6.07, 6.45) is 0.900. The Bertz CT molecular complexity index is 182. The maximum Gasteiger partial charge on any atom is 0.224 e. The summed E-state index contributed by atoms with van der Waals surface area (Å²) in [7, 11) is 0. The molecule has 1 aliphatic heterocycles. The van der Waals surface area contributed by atoms with Crippen LogP contribution < -0.4 is 10.6 Å². The van der Waals surface area contributed by atoms with Gasteiger partial charge >= 0.3 is 0 Å². The Morgan fingerprint density at radius 1 is 1.53 bits per heavy atom. The van der Waals surface area contributed by atoms with Gasteiger partial charge in [0.15, 0.2) is 0 Å². The Balaban J connectivity index is 0.000000921. The first kappa shape index (κ1) is 14.4. The van der Waals surface area contributed by atoms with Crippen LogP contribution >= 0.6 is 0 Å². The minimum atomic E-state index is -0.818. The quantitative estimate of drug-likeness (QED) is 0.644. The molecule has 0 aromatic heterocycles. The van der Waals surface area contributed by atoms with Gasteiger partial charge in [-0.2, -0.15) is 0 Å². The number of hydrogen-bond donors (Lipinski definition) is 3. The van der Waals surface area contributed by atoms with Gasteiger partial charge in [0.25, 0.3) is 0 Å². The Kier molecular flexibility index (Phi) is 6.52. The molecular weight excluding hydrogens is 192 g/mol. The average Bonchev–Trinajstić information content (AvgIpc) is 2.69. The third-order valence-electron chi connectivity index (χ3n) is 2.13. The van der Waals surface area contributed by atoms with Gasteiger partial charge in [-0.1, -0.05) is 13.8 Å². The van der Waals surface area contributed by atoms with Crippen molar-refractivity contribution in [2.24, 2.45) is 5.92 Å². The second kappa shape index (κ2) is 6.80. The van der Waals surface area contributed by atoms with Crippen molar-refractivity contribution in [2.45, 2.75) is 39.7 Å². The molecule has 1 heterocycles. The molecule has 3 N–H and O–H groups in total. The van der Waals surface area contributed by atoms with E-state index in [1.807, 2.05) is 13.8 Å². The van der Waals surface area contributed by atoms with Crippen LogP contribution in [-0.2, 0) is 4.79 Å². The molecule has 1 rings (SSSR count). The lowest BCUT2D eigenvalue weighted by Crippen LogP contribution is -2.41. The molecule has 0 aromatic carbocycles. The summed E-state index contributed by atoms with van der Waals surface area (Å²) in [6.45, 7) is 9.36. The molecule has 1 aliphatic rings. The van der Waals surface area contributed by atoms with E-state index in [9.17, 15) is 9.90 Å². The van der Waals surface area contributed by atoms with Gasteiger partial charge in [0.1, 0.15) is 0 Å². The normalized spacial score (nSPS) is 20.5. The molecule has 0 aromatic rings. The fourth-order valence-electron chi connectivity index (χ4n) is 1.33. The minimum absolute atomic E-state index is 0.0483. The molecule has 90 valence electrons. The molecule has 1 fully saturated rings.